The number of nitrogens with one attached hydrogen (secondary N) is 3. The third-order valence-electron chi connectivity index (χ3n) is 4.73. The summed E-state index contributed by atoms with van der Waals surface area (Å²) < 4.78 is 5.56. The predicted molar refractivity (Wildman–Crippen MR) is 105 cm³/mol. The van der Waals surface area contributed by atoms with Crippen molar-refractivity contribution in [2.45, 2.75) is 12.3 Å². The van der Waals surface area contributed by atoms with Gasteiger partial charge in [-0.3, -0.25) is 5.41 Å². The van der Waals surface area contributed by atoms with Crippen molar-refractivity contribution in [2.24, 2.45) is 5.73 Å². The minimum absolute atomic E-state index is 0.0218. The smallest absolute Gasteiger partial charge is 0.177 e. The zero-order valence-corrected chi connectivity index (χ0v) is 14.8. The van der Waals surface area contributed by atoms with Crippen LogP contribution in [0.25, 0.3) is 22.2 Å². The molecule has 0 spiro atoms. The number of nitrogens with two attached hydrogens (primary N) is 1. The molecule has 0 fully saturated rings. The van der Waals surface area contributed by atoms with Crippen LogP contribution in [0.1, 0.15) is 28.9 Å². The molecule has 5 N–H and O–H groups in total. The van der Waals surface area contributed by atoms with Gasteiger partial charge >= 0.3 is 0 Å². The molecule has 8 nitrogen and oxygen atoms in total. The third kappa shape index (κ3) is 2.81. The first kappa shape index (κ1) is 16.2. The molecule has 0 bridgehead atoms. The van der Waals surface area contributed by atoms with Crippen molar-refractivity contribution < 1.29 is 4.42 Å². The fraction of sp³-hybridized carbons (Fsp3) is 0.100. The van der Waals surface area contributed by atoms with E-state index >= 15 is 0 Å². The largest absolute Gasteiger partial charge is 0.469 e. The number of fused-ring (bicyclic) bond motifs is 2. The Morgan fingerprint density at radius 2 is 1.93 bits per heavy atom. The average Bonchev–Trinajstić information content (AvgIpc) is 3.43. The van der Waals surface area contributed by atoms with Crippen molar-refractivity contribution >= 4 is 28.0 Å². The lowest BCUT2D eigenvalue weighted by molar-refractivity contribution is 0.491. The summed E-state index contributed by atoms with van der Waals surface area (Å²) >= 11 is 0. The number of amidine groups is 1. The van der Waals surface area contributed by atoms with Gasteiger partial charge in [0.1, 0.15) is 23.2 Å². The maximum absolute atomic E-state index is 7.64. The van der Waals surface area contributed by atoms with Gasteiger partial charge in [-0.2, -0.15) is 0 Å². The Labute approximate surface area is 159 Å². The summed E-state index contributed by atoms with van der Waals surface area (Å²) in [5.41, 5.74) is 9.42. The summed E-state index contributed by atoms with van der Waals surface area (Å²) in [6.45, 7) is 0. The zero-order valence-electron chi connectivity index (χ0n) is 14.8. The highest BCUT2D eigenvalue weighted by atomic mass is 16.3. The summed E-state index contributed by atoms with van der Waals surface area (Å²) in [5.74, 6) is 2.20. The number of aromatic nitrogens is 5. The molecule has 138 valence electrons. The van der Waals surface area contributed by atoms with Gasteiger partial charge in [-0.25, -0.2) is 15.0 Å². The van der Waals surface area contributed by atoms with Gasteiger partial charge in [-0.05, 0) is 42.5 Å². The van der Waals surface area contributed by atoms with Crippen LogP contribution in [0.3, 0.4) is 0 Å². The van der Waals surface area contributed by atoms with Crippen LogP contribution in [-0.4, -0.2) is 30.8 Å². The van der Waals surface area contributed by atoms with E-state index in [0.29, 0.717) is 17.6 Å². The second kappa shape index (κ2) is 6.34. The van der Waals surface area contributed by atoms with Crippen molar-refractivity contribution in [1.29, 1.82) is 5.41 Å². The van der Waals surface area contributed by atoms with Gasteiger partial charge in [0.25, 0.3) is 0 Å². The van der Waals surface area contributed by atoms with Crippen LogP contribution in [0.5, 0.6) is 0 Å². The first-order valence-electron chi connectivity index (χ1n) is 8.84. The monoisotopic (exact) mass is 371 g/mol. The number of imidazole rings is 2. The third-order valence-corrected chi connectivity index (χ3v) is 4.73. The normalized spacial score (nSPS) is 12.6. The summed E-state index contributed by atoms with van der Waals surface area (Å²) in [6.07, 6.45) is 3.97. The molecule has 5 aromatic rings. The van der Waals surface area contributed by atoms with Crippen LogP contribution in [-0.2, 0) is 6.42 Å². The molecule has 0 saturated heterocycles. The quantitative estimate of drug-likeness (QED) is 0.278. The molecule has 0 aliphatic carbocycles. The SMILES string of the molecule is N=C(N)c1ccc2nc(C(Cc3ccco3)c3nc4ncccc4[nH]3)[nH]c2c1. The van der Waals surface area contributed by atoms with Gasteiger partial charge in [-0.15, -0.1) is 0 Å². The molecular formula is C20H17N7O. The standard InChI is InChI=1S/C20H17N7O/c21-17(22)11-5-6-14-16(9-11)26-18(24-14)13(10-12-3-2-8-28-12)19-25-15-4-1-7-23-20(15)27-19/h1-9,13H,10H2,(H3,21,22)(H,24,26)(H,23,25,27). The first-order chi connectivity index (χ1) is 13.7. The molecule has 1 aromatic carbocycles. The van der Waals surface area contributed by atoms with E-state index in [1.54, 1.807) is 18.5 Å². The molecule has 0 amide bonds. The highest BCUT2D eigenvalue weighted by molar-refractivity contribution is 5.97. The van der Waals surface area contributed by atoms with Gasteiger partial charge in [-0.1, -0.05) is 0 Å². The molecule has 0 aliphatic rings. The molecule has 5 rings (SSSR count). The fourth-order valence-corrected chi connectivity index (χ4v) is 3.34. The fourth-order valence-electron chi connectivity index (χ4n) is 3.34. The second-order valence-electron chi connectivity index (χ2n) is 6.60. The maximum atomic E-state index is 7.64. The van der Waals surface area contributed by atoms with Crippen LogP contribution in [0.4, 0.5) is 0 Å². The zero-order chi connectivity index (χ0) is 19.1. The molecule has 4 heterocycles. The number of hydrogen-bond donors (Lipinski definition) is 4. The van der Waals surface area contributed by atoms with E-state index < -0.39 is 0 Å². The Bertz CT molecular complexity index is 1250. The summed E-state index contributed by atoms with van der Waals surface area (Å²) in [5, 5.41) is 7.64. The van der Waals surface area contributed by atoms with Crippen molar-refractivity contribution in [3.8, 4) is 0 Å². The minimum atomic E-state index is -0.173. The number of aromatic amines is 2. The number of H-pyrrole nitrogens is 2. The van der Waals surface area contributed by atoms with E-state index in [4.69, 9.17) is 20.5 Å². The number of nitrogens with zero attached hydrogens (tertiary/aromatic N) is 3. The number of nitrogen functional groups attached to an aromatic ring is 1. The van der Waals surface area contributed by atoms with Crippen molar-refractivity contribution in [2.75, 3.05) is 0 Å². The van der Waals surface area contributed by atoms with E-state index in [1.807, 2.05) is 36.4 Å². The van der Waals surface area contributed by atoms with Gasteiger partial charge in [0.2, 0.25) is 0 Å². The highest BCUT2D eigenvalue weighted by Crippen LogP contribution is 2.28. The highest BCUT2D eigenvalue weighted by Gasteiger charge is 2.24. The van der Waals surface area contributed by atoms with E-state index in [-0.39, 0.29) is 11.8 Å². The second-order valence-corrected chi connectivity index (χ2v) is 6.60. The van der Waals surface area contributed by atoms with Gasteiger partial charge in [0.15, 0.2) is 5.65 Å². The molecule has 1 atom stereocenters. The minimum Gasteiger partial charge on any atom is -0.469 e. The van der Waals surface area contributed by atoms with Gasteiger partial charge < -0.3 is 20.1 Å². The number of rotatable bonds is 5. The summed E-state index contributed by atoms with van der Waals surface area (Å²) in [7, 11) is 0. The van der Waals surface area contributed by atoms with E-state index in [0.717, 1.165) is 34.0 Å². The van der Waals surface area contributed by atoms with Crippen LogP contribution in [0.15, 0.2) is 59.3 Å². The molecule has 1 unspecified atom stereocenters. The van der Waals surface area contributed by atoms with Crippen LogP contribution in [0, 0.1) is 5.41 Å². The molecule has 0 aliphatic heterocycles. The van der Waals surface area contributed by atoms with Crippen molar-refractivity contribution in [3.05, 3.63) is 77.9 Å². The van der Waals surface area contributed by atoms with E-state index in [2.05, 4.69) is 19.9 Å². The lowest BCUT2D eigenvalue weighted by atomic mass is 10.0. The van der Waals surface area contributed by atoms with E-state index in [9.17, 15) is 0 Å². The van der Waals surface area contributed by atoms with Crippen molar-refractivity contribution in [1.82, 2.24) is 24.9 Å². The Morgan fingerprint density at radius 1 is 1.07 bits per heavy atom. The van der Waals surface area contributed by atoms with Crippen LogP contribution >= 0.6 is 0 Å². The average molecular weight is 371 g/mol. The van der Waals surface area contributed by atoms with Crippen LogP contribution in [0.2, 0.25) is 0 Å². The lowest BCUT2D eigenvalue weighted by Crippen LogP contribution is -2.10. The number of benzene rings is 1. The molecule has 4 aromatic heterocycles. The number of furan rings is 1. The Hall–Kier alpha value is -3.94. The molecule has 0 radical (unpaired) electrons. The number of hydrogen-bond acceptors (Lipinski definition) is 5. The molecule has 28 heavy (non-hydrogen) atoms. The van der Waals surface area contributed by atoms with E-state index in [1.165, 1.54) is 0 Å². The lowest BCUT2D eigenvalue weighted by Gasteiger charge is -2.10. The summed E-state index contributed by atoms with van der Waals surface area (Å²) in [4.78, 5) is 20.4. The van der Waals surface area contributed by atoms with Gasteiger partial charge in [0, 0.05) is 18.2 Å². The Balaban J connectivity index is 1.63. The van der Waals surface area contributed by atoms with Crippen LogP contribution < -0.4 is 5.73 Å². The topological polar surface area (TPSA) is 133 Å². The molecular weight excluding hydrogens is 354 g/mol. The maximum Gasteiger partial charge on any atom is 0.177 e. The Morgan fingerprint density at radius 3 is 2.71 bits per heavy atom. The van der Waals surface area contributed by atoms with Gasteiger partial charge in [0.05, 0.1) is 28.7 Å². The predicted octanol–water partition coefficient (Wildman–Crippen LogP) is 3.09. The Kier molecular flexibility index (Phi) is 3.68. The molecule has 0 saturated carbocycles. The first-order valence-corrected chi connectivity index (χ1v) is 8.84. The van der Waals surface area contributed by atoms with Crippen molar-refractivity contribution in [3.63, 3.8) is 0 Å². The molecule has 8 heteroatoms. The number of pyridine rings is 1. The summed E-state index contributed by atoms with van der Waals surface area (Å²) in [6, 6.07) is 13.1.